The van der Waals surface area contributed by atoms with E-state index in [0.717, 1.165) is 30.4 Å². The molecule has 0 bridgehead atoms. The normalized spacial score (nSPS) is 12.2. The van der Waals surface area contributed by atoms with Crippen molar-refractivity contribution in [2.45, 2.75) is 59.3 Å². The molecule has 19 heavy (non-hydrogen) atoms. The molecular formula is C17H29NO. The molecule has 0 aliphatic carbocycles. The van der Waals surface area contributed by atoms with Gasteiger partial charge in [-0.1, -0.05) is 46.8 Å². The summed E-state index contributed by atoms with van der Waals surface area (Å²) < 4.78 is 0. The van der Waals surface area contributed by atoms with E-state index in [-0.39, 0.29) is 5.41 Å². The third kappa shape index (κ3) is 4.54. The molecule has 1 rings (SSSR count). The summed E-state index contributed by atoms with van der Waals surface area (Å²) in [6, 6.07) is 4.30. The van der Waals surface area contributed by atoms with Crippen LogP contribution in [0.25, 0.3) is 0 Å². The minimum atomic E-state index is -0.0332. The summed E-state index contributed by atoms with van der Waals surface area (Å²) in [6.45, 7) is 11.5. The molecule has 0 fully saturated rings. The lowest BCUT2D eigenvalue weighted by Gasteiger charge is -2.24. The highest BCUT2D eigenvalue weighted by atomic mass is 16.3. The van der Waals surface area contributed by atoms with Crippen LogP contribution in [0.5, 0.6) is 5.75 Å². The summed E-state index contributed by atoms with van der Waals surface area (Å²) in [5.41, 5.74) is 8.99. The number of aryl methyl sites for hydroxylation is 1. The van der Waals surface area contributed by atoms with Crippen LogP contribution in [0.1, 0.15) is 57.7 Å². The Morgan fingerprint density at radius 3 is 2.32 bits per heavy atom. The molecule has 0 spiro atoms. The first-order valence-electron chi connectivity index (χ1n) is 7.31. The number of nitrogens with two attached hydrogens (primary N) is 1. The summed E-state index contributed by atoms with van der Waals surface area (Å²) in [6.07, 6.45) is 2.91. The molecule has 0 saturated heterocycles. The molecule has 2 heteroatoms. The van der Waals surface area contributed by atoms with Crippen LogP contribution in [0.15, 0.2) is 12.1 Å². The zero-order valence-electron chi connectivity index (χ0n) is 13.1. The van der Waals surface area contributed by atoms with Crippen LogP contribution in [0.2, 0.25) is 0 Å². The molecule has 0 unspecified atom stereocenters. The highest BCUT2D eigenvalue weighted by molar-refractivity contribution is 5.47. The summed E-state index contributed by atoms with van der Waals surface area (Å²) in [7, 11) is 0. The van der Waals surface area contributed by atoms with Crippen LogP contribution in [-0.2, 0) is 18.3 Å². The Labute approximate surface area is 118 Å². The molecule has 3 N–H and O–H groups in total. The second-order valence-electron chi connectivity index (χ2n) is 6.89. The van der Waals surface area contributed by atoms with Crippen molar-refractivity contribution in [1.82, 2.24) is 0 Å². The van der Waals surface area contributed by atoms with E-state index in [4.69, 9.17) is 5.73 Å². The average Bonchev–Trinajstić information content (AvgIpc) is 2.27. The van der Waals surface area contributed by atoms with E-state index in [0.29, 0.717) is 18.2 Å². The first-order valence-corrected chi connectivity index (χ1v) is 7.31. The molecule has 1 aromatic carbocycles. The lowest BCUT2D eigenvalue weighted by atomic mass is 9.82. The number of aromatic hydroxyl groups is 1. The second kappa shape index (κ2) is 6.42. The van der Waals surface area contributed by atoms with Gasteiger partial charge < -0.3 is 10.8 Å². The summed E-state index contributed by atoms with van der Waals surface area (Å²) in [5.74, 6) is 1.03. The third-order valence-electron chi connectivity index (χ3n) is 3.35. The first kappa shape index (κ1) is 16.0. The summed E-state index contributed by atoms with van der Waals surface area (Å²) >= 11 is 0. The van der Waals surface area contributed by atoms with Gasteiger partial charge in [0.15, 0.2) is 0 Å². The number of phenolic OH excluding ortho intramolecular Hbond substituents is 1. The highest BCUT2D eigenvalue weighted by Crippen LogP contribution is 2.35. The summed E-state index contributed by atoms with van der Waals surface area (Å²) in [4.78, 5) is 0. The van der Waals surface area contributed by atoms with Crippen molar-refractivity contribution in [1.29, 1.82) is 0 Å². The van der Waals surface area contributed by atoms with Crippen molar-refractivity contribution in [3.63, 3.8) is 0 Å². The Morgan fingerprint density at radius 1 is 1.21 bits per heavy atom. The van der Waals surface area contributed by atoms with E-state index < -0.39 is 0 Å². The van der Waals surface area contributed by atoms with Crippen LogP contribution in [-0.4, -0.2) is 11.7 Å². The van der Waals surface area contributed by atoms with Crippen molar-refractivity contribution in [3.8, 4) is 5.75 Å². The minimum absolute atomic E-state index is 0.0332. The number of benzene rings is 1. The van der Waals surface area contributed by atoms with E-state index in [9.17, 15) is 5.11 Å². The van der Waals surface area contributed by atoms with E-state index in [2.05, 4.69) is 46.8 Å². The fraction of sp³-hybridized carbons (Fsp3) is 0.647. The third-order valence-corrected chi connectivity index (χ3v) is 3.35. The zero-order valence-corrected chi connectivity index (χ0v) is 13.1. The fourth-order valence-corrected chi connectivity index (χ4v) is 2.38. The molecule has 0 aliphatic heterocycles. The molecule has 108 valence electrons. The van der Waals surface area contributed by atoms with Crippen LogP contribution in [0.4, 0.5) is 0 Å². The lowest BCUT2D eigenvalue weighted by Crippen LogP contribution is -2.14. The van der Waals surface area contributed by atoms with E-state index in [1.54, 1.807) is 0 Å². The van der Waals surface area contributed by atoms with E-state index in [1.165, 1.54) is 5.56 Å². The van der Waals surface area contributed by atoms with Gasteiger partial charge in [0.1, 0.15) is 5.75 Å². The Bertz CT molecular complexity index is 416. The smallest absolute Gasteiger partial charge is 0.122 e. The number of hydrogen-bond acceptors (Lipinski definition) is 2. The van der Waals surface area contributed by atoms with Crippen molar-refractivity contribution in [3.05, 3.63) is 28.8 Å². The Morgan fingerprint density at radius 2 is 1.84 bits per heavy atom. The Balaban J connectivity index is 3.22. The van der Waals surface area contributed by atoms with Crippen molar-refractivity contribution in [2.24, 2.45) is 11.7 Å². The van der Waals surface area contributed by atoms with Crippen molar-refractivity contribution >= 4 is 0 Å². The molecule has 0 amide bonds. The number of hydrogen-bond donors (Lipinski definition) is 2. The maximum atomic E-state index is 10.5. The quantitative estimate of drug-likeness (QED) is 0.849. The van der Waals surface area contributed by atoms with Crippen LogP contribution in [0, 0.1) is 5.92 Å². The second-order valence-corrected chi connectivity index (χ2v) is 6.89. The molecule has 2 nitrogen and oxygen atoms in total. The standard InChI is InChI=1S/C17H29NO/c1-12(2)9-14-10-13(7-6-8-18)11-15(16(14)19)17(3,4)5/h10-12,19H,6-9,18H2,1-5H3. The molecule has 0 heterocycles. The fourth-order valence-electron chi connectivity index (χ4n) is 2.38. The van der Waals surface area contributed by atoms with Gasteiger partial charge in [0, 0.05) is 0 Å². The zero-order chi connectivity index (χ0) is 14.6. The Kier molecular flexibility index (Phi) is 5.42. The first-order chi connectivity index (χ1) is 8.75. The van der Waals surface area contributed by atoms with Gasteiger partial charge in [-0.15, -0.1) is 0 Å². The van der Waals surface area contributed by atoms with Gasteiger partial charge >= 0.3 is 0 Å². The topological polar surface area (TPSA) is 46.2 Å². The van der Waals surface area contributed by atoms with E-state index in [1.807, 2.05) is 0 Å². The highest BCUT2D eigenvalue weighted by Gasteiger charge is 2.21. The van der Waals surface area contributed by atoms with Gasteiger partial charge in [0.25, 0.3) is 0 Å². The summed E-state index contributed by atoms with van der Waals surface area (Å²) in [5, 5.41) is 10.5. The van der Waals surface area contributed by atoms with Gasteiger partial charge in [-0.3, -0.25) is 0 Å². The van der Waals surface area contributed by atoms with Gasteiger partial charge in [0.2, 0.25) is 0 Å². The molecule has 0 radical (unpaired) electrons. The van der Waals surface area contributed by atoms with Gasteiger partial charge in [0.05, 0.1) is 0 Å². The monoisotopic (exact) mass is 263 g/mol. The van der Waals surface area contributed by atoms with Crippen LogP contribution >= 0.6 is 0 Å². The van der Waals surface area contributed by atoms with Gasteiger partial charge in [-0.25, -0.2) is 0 Å². The maximum Gasteiger partial charge on any atom is 0.122 e. The van der Waals surface area contributed by atoms with Crippen LogP contribution in [0.3, 0.4) is 0 Å². The predicted octanol–water partition coefficient (Wildman–Crippen LogP) is 3.78. The average molecular weight is 263 g/mol. The van der Waals surface area contributed by atoms with Crippen molar-refractivity contribution in [2.75, 3.05) is 6.54 Å². The largest absolute Gasteiger partial charge is 0.507 e. The molecule has 0 aliphatic rings. The molecule has 0 aromatic heterocycles. The number of rotatable bonds is 5. The maximum absolute atomic E-state index is 10.5. The lowest BCUT2D eigenvalue weighted by molar-refractivity contribution is 0.435. The Hall–Kier alpha value is -1.02. The number of phenols is 1. The van der Waals surface area contributed by atoms with E-state index >= 15 is 0 Å². The van der Waals surface area contributed by atoms with Gasteiger partial charge in [-0.2, -0.15) is 0 Å². The van der Waals surface area contributed by atoms with Crippen molar-refractivity contribution < 1.29 is 5.11 Å². The molecule has 1 aromatic rings. The minimum Gasteiger partial charge on any atom is -0.507 e. The van der Waals surface area contributed by atoms with Gasteiger partial charge in [-0.05, 0) is 53.8 Å². The predicted molar refractivity (Wildman–Crippen MR) is 82.7 cm³/mol. The molecular weight excluding hydrogens is 234 g/mol. The SMILES string of the molecule is CC(C)Cc1cc(CCCN)cc(C(C)(C)C)c1O. The van der Waals surface area contributed by atoms with Crippen LogP contribution < -0.4 is 5.73 Å². The molecule has 0 atom stereocenters. The molecule has 0 saturated carbocycles.